The largest absolute Gasteiger partial charge is 0.339 e. The Morgan fingerprint density at radius 1 is 1.16 bits per heavy atom. The van der Waals surface area contributed by atoms with Crippen molar-refractivity contribution in [2.24, 2.45) is 5.92 Å². The molecule has 0 bridgehead atoms. The van der Waals surface area contributed by atoms with E-state index in [0.29, 0.717) is 22.1 Å². The zero-order valence-corrected chi connectivity index (χ0v) is 22.8. The van der Waals surface area contributed by atoms with Crippen molar-refractivity contribution in [3.8, 4) is 0 Å². The fourth-order valence-electron chi connectivity index (χ4n) is 4.49. The number of hydrogen-bond acceptors (Lipinski definition) is 7. The first-order valence-electron chi connectivity index (χ1n) is 12.4. The van der Waals surface area contributed by atoms with Gasteiger partial charge >= 0.3 is 0 Å². The zero-order valence-electron chi connectivity index (χ0n) is 21.1. The van der Waals surface area contributed by atoms with E-state index in [2.05, 4.69) is 10.6 Å². The standard InChI is InChI=1S/C27H30FN3O5S2/c1-17(2)14-21(30-26(33)25-15-18-6-3-4-8-24(18)37-25)27(34)31(22-7-5-13-29-16-23(22)32)38(35,36)20-11-9-19(28)10-12-20/h3-4,6,8-12,15,17,21-22,29H,5,7,13-14,16H2,1-2H3,(H,30,33)/t21-,22?/m0/s1. The van der Waals surface area contributed by atoms with Crippen molar-refractivity contribution in [1.82, 2.24) is 14.9 Å². The molecule has 2 amide bonds. The number of halogens is 1. The van der Waals surface area contributed by atoms with E-state index in [0.717, 1.165) is 34.4 Å². The summed E-state index contributed by atoms with van der Waals surface area (Å²) in [6.07, 6.45) is 0.767. The van der Waals surface area contributed by atoms with Gasteiger partial charge in [0.2, 0.25) is 0 Å². The minimum atomic E-state index is -4.55. The number of ketones is 1. The van der Waals surface area contributed by atoms with Crippen molar-refractivity contribution in [2.75, 3.05) is 13.1 Å². The number of nitrogens with zero attached hydrogens (tertiary/aromatic N) is 1. The average molecular weight is 560 g/mol. The molecule has 11 heteroatoms. The number of fused-ring (bicyclic) bond motifs is 1. The molecule has 2 aromatic carbocycles. The number of carbonyl (C=O) groups excluding carboxylic acids is 3. The minimum Gasteiger partial charge on any atom is -0.339 e. The van der Waals surface area contributed by atoms with Crippen LogP contribution in [0.1, 0.15) is 42.8 Å². The summed E-state index contributed by atoms with van der Waals surface area (Å²) in [6.45, 7) is 4.12. The number of sulfonamides is 1. The van der Waals surface area contributed by atoms with E-state index >= 15 is 0 Å². The summed E-state index contributed by atoms with van der Waals surface area (Å²) < 4.78 is 42.7. The minimum absolute atomic E-state index is 0.0754. The fourth-order valence-corrected chi connectivity index (χ4v) is 7.08. The van der Waals surface area contributed by atoms with Gasteiger partial charge in [0, 0.05) is 4.70 Å². The molecular weight excluding hydrogens is 529 g/mol. The van der Waals surface area contributed by atoms with Crippen molar-refractivity contribution in [2.45, 2.75) is 50.1 Å². The Morgan fingerprint density at radius 3 is 2.55 bits per heavy atom. The Balaban J connectivity index is 1.72. The van der Waals surface area contributed by atoms with Crippen LogP contribution in [0.15, 0.2) is 59.5 Å². The number of Topliss-reactive ketones (excluding diaryl/α,β-unsaturated/α-hetero) is 1. The maximum atomic E-state index is 14.1. The summed E-state index contributed by atoms with van der Waals surface area (Å²) in [4.78, 5) is 40.4. The molecule has 8 nitrogen and oxygen atoms in total. The first-order valence-corrected chi connectivity index (χ1v) is 14.7. The Labute approximate surface area is 225 Å². The summed E-state index contributed by atoms with van der Waals surface area (Å²) in [5.41, 5.74) is 0. The van der Waals surface area contributed by atoms with Gasteiger partial charge in [0.1, 0.15) is 17.9 Å². The van der Waals surface area contributed by atoms with Crippen LogP contribution in [0.2, 0.25) is 0 Å². The lowest BCUT2D eigenvalue weighted by Gasteiger charge is -2.33. The number of carbonyl (C=O) groups is 3. The van der Waals surface area contributed by atoms with Gasteiger partial charge in [-0.15, -0.1) is 11.3 Å². The highest BCUT2D eigenvalue weighted by atomic mass is 32.2. The third kappa shape index (κ3) is 6.11. The Hall–Kier alpha value is -3.15. The molecule has 1 unspecified atom stereocenters. The van der Waals surface area contributed by atoms with Gasteiger partial charge in [-0.25, -0.2) is 17.1 Å². The smallest absolute Gasteiger partial charge is 0.267 e. The maximum Gasteiger partial charge on any atom is 0.267 e. The van der Waals surface area contributed by atoms with E-state index in [1.54, 1.807) is 6.07 Å². The number of amides is 2. The lowest BCUT2D eigenvalue weighted by Crippen LogP contribution is -2.56. The molecule has 1 aromatic heterocycles. The Kier molecular flexibility index (Phi) is 8.59. The van der Waals surface area contributed by atoms with Gasteiger partial charge < -0.3 is 10.6 Å². The van der Waals surface area contributed by atoms with Gasteiger partial charge in [-0.1, -0.05) is 32.0 Å². The van der Waals surface area contributed by atoms with E-state index in [-0.39, 0.29) is 30.2 Å². The Bertz CT molecular complexity index is 1400. The van der Waals surface area contributed by atoms with E-state index < -0.39 is 45.5 Å². The molecule has 3 aromatic rings. The van der Waals surface area contributed by atoms with Crippen LogP contribution in [0.25, 0.3) is 10.1 Å². The van der Waals surface area contributed by atoms with Crippen molar-refractivity contribution in [3.05, 3.63) is 65.3 Å². The van der Waals surface area contributed by atoms with E-state index in [1.165, 1.54) is 11.3 Å². The van der Waals surface area contributed by atoms with Gasteiger partial charge in [0.05, 0.1) is 16.3 Å². The van der Waals surface area contributed by atoms with Crippen LogP contribution in [0.5, 0.6) is 0 Å². The van der Waals surface area contributed by atoms with Crippen molar-refractivity contribution in [1.29, 1.82) is 0 Å². The Morgan fingerprint density at radius 2 is 1.87 bits per heavy atom. The van der Waals surface area contributed by atoms with Crippen LogP contribution in [-0.4, -0.2) is 55.5 Å². The zero-order chi connectivity index (χ0) is 27.4. The highest BCUT2D eigenvalue weighted by Crippen LogP contribution is 2.27. The third-order valence-corrected chi connectivity index (χ3v) is 9.27. The summed E-state index contributed by atoms with van der Waals surface area (Å²) in [5, 5.41) is 6.56. The average Bonchev–Trinajstić information content (AvgIpc) is 3.21. The molecule has 0 spiro atoms. The molecule has 2 N–H and O–H groups in total. The molecule has 4 rings (SSSR count). The molecule has 2 heterocycles. The lowest BCUT2D eigenvalue weighted by molar-refractivity contribution is -0.135. The molecule has 1 saturated heterocycles. The van der Waals surface area contributed by atoms with E-state index in [9.17, 15) is 27.2 Å². The van der Waals surface area contributed by atoms with Gasteiger partial charge in [-0.3, -0.25) is 14.4 Å². The fraction of sp³-hybridized carbons (Fsp3) is 0.370. The number of nitrogens with one attached hydrogen (secondary N) is 2. The van der Waals surface area contributed by atoms with Gasteiger partial charge in [0.25, 0.3) is 21.8 Å². The van der Waals surface area contributed by atoms with Crippen LogP contribution < -0.4 is 10.6 Å². The molecular formula is C27H30FN3O5S2. The summed E-state index contributed by atoms with van der Waals surface area (Å²) in [5.74, 6) is -2.55. The summed E-state index contributed by atoms with van der Waals surface area (Å²) in [7, 11) is -4.55. The number of hydrogen-bond donors (Lipinski definition) is 2. The lowest BCUT2D eigenvalue weighted by atomic mass is 10.0. The van der Waals surface area contributed by atoms with Gasteiger partial charge in [0.15, 0.2) is 5.78 Å². The predicted octanol–water partition coefficient (Wildman–Crippen LogP) is 3.72. The predicted molar refractivity (Wildman–Crippen MR) is 144 cm³/mol. The molecule has 0 radical (unpaired) electrons. The second-order valence-electron chi connectivity index (χ2n) is 9.70. The second-order valence-corrected chi connectivity index (χ2v) is 12.6. The normalized spacial score (nSPS) is 17.3. The van der Waals surface area contributed by atoms with Gasteiger partial charge in [-0.2, -0.15) is 0 Å². The van der Waals surface area contributed by atoms with E-state index in [4.69, 9.17) is 0 Å². The van der Waals surface area contributed by atoms with Crippen LogP contribution >= 0.6 is 11.3 Å². The van der Waals surface area contributed by atoms with Crippen molar-refractivity contribution < 1.29 is 27.2 Å². The first-order chi connectivity index (χ1) is 18.1. The molecule has 38 heavy (non-hydrogen) atoms. The highest BCUT2D eigenvalue weighted by Gasteiger charge is 2.43. The molecule has 1 aliphatic rings. The summed E-state index contributed by atoms with van der Waals surface area (Å²) in [6, 6.07) is 10.9. The third-order valence-electron chi connectivity index (χ3n) is 6.33. The number of thiophene rings is 1. The molecule has 0 aliphatic carbocycles. The molecule has 202 valence electrons. The van der Waals surface area contributed by atoms with Crippen LogP contribution in [0, 0.1) is 11.7 Å². The molecule has 2 atom stereocenters. The van der Waals surface area contributed by atoms with Gasteiger partial charge in [-0.05, 0) is 73.5 Å². The van der Waals surface area contributed by atoms with Crippen LogP contribution in [0.3, 0.4) is 0 Å². The van der Waals surface area contributed by atoms with Crippen LogP contribution in [0.4, 0.5) is 4.39 Å². The molecule has 1 fully saturated rings. The van der Waals surface area contributed by atoms with Crippen molar-refractivity contribution in [3.63, 3.8) is 0 Å². The number of benzene rings is 2. The monoisotopic (exact) mass is 559 g/mol. The molecule has 1 aliphatic heterocycles. The molecule has 0 saturated carbocycles. The summed E-state index contributed by atoms with van der Waals surface area (Å²) >= 11 is 1.27. The van der Waals surface area contributed by atoms with Crippen LogP contribution in [-0.2, 0) is 19.6 Å². The van der Waals surface area contributed by atoms with Crippen molar-refractivity contribution >= 4 is 49.0 Å². The SMILES string of the molecule is CC(C)C[C@H](NC(=O)c1cc2ccccc2s1)C(=O)N(C1CCCNCC1=O)S(=O)(=O)c1ccc(F)cc1. The quantitative estimate of drug-likeness (QED) is 0.435. The second kappa shape index (κ2) is 11.7. The highest BCUT2D eigenvalue weighted by molar-refractivity contribution is 7.89. The van der Waals surface area contributed by atoms with E-state index in [1.807, 2.05) is 38.1 Å². The maximum absolute atomic E-state index is 14.1. The first kappa shape index (κ1) is 27.9. The topological polar surface area (TPSA) is 113 Å². The number of rotatable bonds is 8.